The van der Waals surface area contributed by atoms with E-state index in [2.05, 4.69) is 19.9 Å². The van der Waals surface area contributed by atoms with Crippen molar-refractivity contribution in [1.82, 2.24) is 19.9 Å². The van der Waals surface area contributed by atoms with E-state index < -0.39 is 0 Å². The molecule has 3 rings (SSSR count). The SMILES string of the molecule is Nc1nc(CCC2CCCCC2)nc2nc(CO)[nH]c12. The van der Waals surface area contributed by atoms with Gasteiger partial charge in [-0.15, -0.1) is 0 Å². The van der Waals surface area contributed by atoms with E-state index in [1.807, 2.05) is 0 Å². The number of rotatable bonds is 4. The van der Waals surface area contributed by atoms with Gasteiger partial charge in [-0.2, -0.15) is 0 Å². The maximum Gasteiger partial charge on any atom is 0.183 e. The van der Waals surface area contributed by atoms with E-state index >= 15 is 0 Å². The summed E-state index contributed by atoms with van der Waals surface area (Å²) in [6, 6.07) is 0. The maximum absolute atomic E-state index is 9.09. The molecule has 0 aliphatic heterocycles. The smallest absolute Gasteiger partial charge is 0.183 e. The van der Waals surface area contributed by atoms with Crippen LogP contribution in [0.1, 0.15) is 50.2 Å². The third-order valence-corrected chi connectivity index (χ3v) is 4.13. The van der Waals surface area contributed by atoms with Gasteiger partial charge in [0.05, 0.1) is 0 Å². The second-order valence-electron chi connectivity index (χ2n) is 5.61. The Morgan fingerprint density at radius 1 is 1.15 bits per heavy atom. The summed E-state index contributed by atoms with van der Waals surface area (Å²) in [6.07, 6.45) is 8.72. The summed E-state index contributed by atoms with van der Waals surface area (Å²) < 4.78 is 0. The number of nitrogens with one attached hydrogen (secondary N) is 1. The van der Waals surface area contributed by atoms with Crippen LogP contribution in [0.25, 0.3) is 11.2 Å². The van der Waals surface area contributed by atoms with Gasteiger partial charge in [-0.25, -0.2) is 15.0 Å². The first-order valence-electron chi connectivity index (χ1n) is 7.38. The molecule has 20 heavy (non-hydrogen) atoms. The number of hydrogen-bond acceptors (Lipinski definition) is 5. The Morgan fingerprint density at radius 2 is 1.95 bits per heavy atom. The highest BCUT2D eigenvalue weighted by molar-refractivity contribution is 5.81. The van der Waals surface area contributed by atoms with Gasteiger partial charge in [0.25, 0.3) is 0 Å². The van der Waals surface area contributed by atoms with Crippen molar-refractivity contribution < 1.29 is 5.11 Å². The molecule has 0 atom stereocenters. The number of H-pyrrole nitrogens is 1. The summed E-state index contributed by atoms with van der Waals surface area (Å²) in [5.74, 6) is 2.46. The zero-order chi connectivity index (χ0) is 13.9. The third kappa shape index (κ3) is 2.75. The highest BCUT2D eigenvalue weighted by Gasteiger charge is 2.15. The zero-order valence-electron chi connectivity index (χ0n) is 11.6. The van der Waals surface area contributed by atoms with Crippen LogP contribution in [0, 0.1) is 5.92 Å². The van der Waals surface area contributed by atoms with Crippen LogP contribution in [0.3, 0.4) is 0 Å². The number of imidazole rings is 1. The number of aliphatic hydroxyl groups is 1. The lowest BCUT2D eigenvalue weighted by Crippen LogP contribution is -2.09. The molecule has 0 bridgehead atoms. The first-order valence-corrected chi connectivity index (χ1v) is 7.38. The Hall–Kier alpha value is -1.69. The highest BCUT2D eigenvalue weighted by atomic mass is 16.3. The average molecular weight is 275 g/mol. The molecule has 6 nitrogen and oxygen atoms in total. The summed E-state index contributed by atoms with van der Waals surface area (Å²) in [7, 11) is 0. The van der Waals surface area contributed by atoms with Crippen LogP contribution in [-0.4, -0.2) is 25.0 Å². The molecule has 1 aliphatic carbocycles. The van der Waals surface area contributed by atoms with Crippen molar-refractivity contribution in [3.63, 3.8) is 0 Å². The fourth-order valence-corrected chi connectivity index (χ4v) is 3.01. The number of hydrogen-bond donors (Lipinski definition) is 3. The molecule has 108 valence electrons. The minimum absolute atomic E-state index is 0.146. The summed E-state index contributed by atoms with van der Waals surface area (Å²) in [4.78, 5) is 15.9. The Bertz CT molecular complexity index is 589. The van der Waals surface area contributed by atoms with Crippen molar-refractivity contribution in [3.8, 4) is 0 Å². The average Bonchev–Trinajstić information content (AvgIpc) is 2.90. The molecule has 1 aliphatic rings. The van der Waals surface area contributed by atoms with Gasteiger partial charge in [-0.05, 0) is 12.3 Å². The van der Waals surface area contributed by atoms with Crippen LogP contribution in [0.4, 0.5) is 5.82 Å². The standard InChI is InChI=1S/C14H21N5O/c15-13-12-14(19-11(8-20)16-12)18-10(17-13)7-6-9-4-2-1-3-5-9/h9,20H,1-8H2,(H3,15,16,17,18,19). The number of nitrogens with two attached hydrogens (primary N) is 1. The number of aryl methyl sites for hydroxylation is 1. The van der Waals surface area contributed by atoms with Gasteiger partial charge in [-0.1, -0.05) is 32.1 Å². The number of aromatic amines is 1. The lowest BCUT2D eigenvalue weighted by Gasteiger charge is -2.20. The van der Waals surface area contributed by atoms with Crippen molar-refractivity contribution in [2.24, 2.45) is 5.92 Å². The quantitative estimate of drug-likeness (QED) is 0.791. The van der Waals surface area contributed by atoms with Gasteiger partial charge in [-0.3, -0.25) is 0 Å². The topological polar surface area (TPSA) is 101 Å². The molecule has 0 spiro atoms. The van der Waals surface area contributed by atoms with E-state index in [1.165, 1.54) is 32.1 Å². The Morgan fingerprint density at radius 3 is 2.70 bits per heavy atom. The first kappa shape index (κ1) is 13.3. The number of aliphatic hydroxyl groups excluding tert-OH is 1. The van der Waals surface area contributed by atoms with E-state index in [1.54, 1.807) is 0 Å². The van der Waals surface area contributed by atoms with Gasteiger partial charge in [0, 0.05) is 6.42 Å². The second kappa shape index (κ2) is 5.75. The number of aromatic nitrogens is 4. The molecule has 0 amide bonds. The second-order valence-corrected chi connectivity index (χ2v) is 5.61. The van der Waals surface area contributed by atoms with Crippen LogP contribution in [0.5, 0.6) is 0 Å². The van der Waals surface area contributed by atoms with Crippen molar-refractivity contribution >= 4 is 17.0 Å². The molecular formula is C14H21N5O. The number of nitrogens with zero attached hydrogens (tertiary/aromatic N) is 3. The normalized spacial score (nSPS) is 16.9. The third-order valence-electron chi connectivity index (χ3n) is 4.13. The molecule has 0 unspecified atom stereocenters. The summed E-state index contributed by atoms with van der Waals surface area (Å²) in [6.45, 7) is -0.146. The van der Waals surface area contributed by atoms with Gasteiger partial charge >= 0.3 is 0 Å². The summed E-state index contributed by atoms with van der Waals surface area (Å²) in [5.41, 5.74) is 7.11. The zero-order valence-corrected chi connectivity index (χ0v) is 11.6. The number of anilines is 1. The lowest BCUT2D eigenvalue weighted by molar-refractivity contribution is 0.273. The van der Waals surface area contributed by atoms with Crippen molar-refractivity contribution in [1.29, 1.82) is 0 Å². The minimum Gasteiger partial charge on any atom is -0.388 e. The Labute approximate surface area is 117 Å². The van der Waals surface area contributed by atoms with Gasteiger partial charge in [0.2, 0.25) is 0 Å². The monoisotopic (exact) mass is 275 g/mol. The number of nitrogen functional groups attached to an aromatic ring is 1. The molecule has 2 heterocycles. The molecule has 1 saturated carbocycles. The summed E-state index contributed by atoms with van der Waals surface area (Å²) in [5, 5.41) is 9.09. The Balaban J connectivity index is 1.74. The van der Waals surface area contributed by atoms with Gasteiger partial charge in [0.1, 0.15) is 23.8 Å². The Kier molecular flexibility index (Phi) is 3.82. The van der Waals surface area contributed by atoms with E-state index in [0.29, 0.717) is 22.8 Å². The van der Waals surface area contributed by atoms with E-state index in [9.17, 15) is 0 Å². The van der Waals surface area contributed by atoms with Gasteiger partial charge < -0.3 is 15.8 Å². The van der Waals surface area contributed by atoms with Crippen LogP contribution in [-0.2, 0) is 13.0 Å². The van der Waals surface area contributed by atoms with Crippen molar-refractivity contribution in [2.75, 3.05) is 5.73 Å². The largest absolute Gasteiger partial charge is 0.388 e. The van der Waals surface area contributed by atoms with Gasteiger partial charge in [0.15, 0.2) is 11.5 Å². The van der Waals surface area contributed by atoms with E-state index in [-0.39, 0.29) is 6.61 Å². The van der Waals surface area contributed by atoms with Crippen LogP contribution in [0.2, 0.25) is 0 Å². The highest BCUT2D eigenvalue weighted by Crippen LogP contribution is 2.27. The van der Waals surface area contributed by atoms with E-state index in [0.717, 1.165) is 24.6 Å². The maximum atomic E-state index is 9.09. The molecule has 4 N–H and O–H groups in total. The molecule has 2 aromatic rings. The van der Waals surface area contributed by atoms with Crippen molar-refractivity contribution in [3.05, 3.63) is 11.6 Å². The van der Waals surface area contributed by atoms with Crippen LogP contribution >= 0.6 is 0 Å². The predicted octanol–water partition coefficient (Wildman–Crippen LogP) is 1.94. The van der Waals surface area contributed by atoms with Crippen molar-refractivity contribution in [2.45, 2.75) is 51.6 Å². The van der Waals surface area contributed by atoms with Crippen LogP contribution < -0.4 is 5.73 Å². The number of fused-ring (bicyclic) bond motifs is 1. The molecule has 0 aromatic carbocycles. The molecule has 1 fully saturated rings. The predicted molar refractivity (Wildman–Crippen MR) is 76.9 cm³/mol. The fourth-order valence-electron chi connectivity index (χ4n) is 3.01. The van der Waals surface area contributed by atoms with E-state index in [4.69, 9.17) is 10.8 Å². The lowest BCUT2D eigenvalue weighted by atomic mass is 9.86. The fraction of sp³-hybridized carbons (Fsp3) is 0.643. The molecule has 6 heteroatoms. The molecule has 2 aromatic heterocycles. The summed E-state index contributed by atoms with van der Waals surface area (Å²) >= 11 is 0. The first-order chi connectivity index (χ1) is 9.76. The molecular weight excluding hydrogens is 254 g/mol. The van der Waals surface area contributed by atoms with Crippen LogP contribution in [0.15, 0.2) is 0 Å². The minimum atomic E-state index is -0.146. The molecule has 0 saturated heterocycles. The molecule has 0 radical (unpaired) electrons.